The van der Waals surface area contributed by atoms with E-state index < -0.39 is 0 Å². The molecular formula is C11H19N. The third-order valence-corrected chi connectivity index (χ3v) is 4.49. The molecule has 1 heteroatoms. The first-order valence-electron chi connectivity index (χ1n) is 5.32. The van der Waals surface area contributed by atoms with Gasteiger partial charge < -0.3 is 5.32 Å². The van der Waals surface area contributed by atoms with Gasteiger partial charge in [0.15, 0.2) is 0 Å². The molecule has 1 aliphatic heterocycles. The molecule has 1 spiro atoms. The van der Waals surface area contributed by atoms with Crippen LogP contribution in [0.3, 0.4) is 0 Å². The largest absolute Gasteiger partial charge is 0.310 e. The normalized spacial score (nSPS) is 55.8. The molecule has 0 aromatic rings. The Morgan fingerprint density at radius 3 is 2.58 bits per heavy atom. The molecule has 1 saturated heterocycles. The van der Waals surface area contributed by atoms with Crippen molar-refractivity contribution in [1.82, 2.24) is 5.32 Å². The summed E-state index contributed by atoms with van der Waals surface area (Å²) in [6.07, 6.45) is 2.97. The van der Waals surface area contributed by atoms with E-state index in [1.165, 1.54) is 19.4 Å². The van der Waals surface area contributed by atoms with E-state index in [0.29, 0.717) is 11.0 Å². The summed E-state index contributed by atoms with van der Waals surface area (Å²) in [5.41, 5.74) is 1.19. The molecule has 12 heavy (non-hydrogen) atoms. The molecule has 1 heterocycles. The van der Waals surface area contributed by atoms with Gasteiger partial charge in [0.05, 0.1) is 0 Å². The number of hydrogen-bond acceptors (Lipinski definition) is 1. The van der Waals surface area contributed by atoms with Gasteiger partial charge in [0, 0.05) is 5.54 Å². The minimum absolute atomic E-state index is 0.538. The van der Waals surface area contributed by atoms with Crippen molar-refractivity contribution in [1.29, 1.82) is 0 Å². The van der Waals surface area contributed by atoms with Crippen molar-refractivity contribution in [3.8, 4) is 0 Å². The minimum Gasteiger partial charge on any atom is -0.310 e. The second-order valence-electron chi connectivity index (χ2n) is 6.03. The van der Waals surface area contributed by atoms with Crippen LogP contribution < -0.4 is 5.32 Å². The fraction of sp³-hybridized carbons (Fsp3) is 1.00. The molecular weight excluding hydrogens is 146 g/mol. The second-order valence-corrected chi connectivity index (χ2v) is 6.03. The van der Waals surface area contributed by atoms with E-state index in [2.05, 4.69) is 26.1 Å². The Bertz CT molecular complexity index is 228. The predicted octanol–water partition coefficient (Wildman–Crippen LogP) is 2.03. The summed E-state index contributed by atoms with van der Waals surface area (Å²) >= 11 is 0. The zero-order valence-electron chi connectivity index (χ0n) is 8.35. The molecule has 3 aliphatic rings. The van der Waals surface area contributed by atoms with E-state index in [1.807, 2.05) is 0 Å². The van der Waals surface area contributed by atoms with Gasteiger partial charge in [-0.1, -0.05) is 20.8 Å². The van der Waals surface area contributed by atoms with Crippen LogP contribution in [0.2, 0.25) is 0 Å². The van der Waals surface area contributed by atoms with Crippen molar-refractivity contribution in [2.24, 2.45) is 23.2 Å². The monoisotopic (exact) mass is 165 g/mol. The van der Waals surface area contributed by atoms with Gasteiger partial charge in [-0.3, -0.25) is 0 Å². The Kier molecular flexibility index (Phi) is 1.07. The average Bonchev–Trinajstić information content (AvgIpc) is 2.15. The van der Waals surface area contributed by atoms with E-state index in [0.717, 1.165) is 17.8 Å². The van der Waals surface area contributed by atoms with E-state index in [9.17, 15) is 0 Å². The minimum atomic E-state index is 0.538. The summed E-state index contributed by atoms with van der Waals surface area (Å²) < 4.78 is 0. The van der Waals surface area contributed by atoms with Crippen molar-refractivity contribution in [3.63, 3.8) is 0 Å². The van der Waals surface area contributed by atoms with Crippen molar-refractivity contribution >= 4 is 0 Å². The van der Waals surface area contributed by atoms with Crippen molar-refractivity contribution in [2.45, 2.75) is 39.2 Å². The first-order valence-corrected chi connectivity index (χ1v) is 5.32. The molecule has 68 valence electrons. The van der Waals surface area contributed by atoms with Crippen molar-refractivity contribution in [2.75, 3.05) is 6.54 Å². The highest BCUT2D eigenvalue weighted by Crippen LogP contribution is 2.75. The Labute approximate surface area is 74.9 Å². The SMILES string of the molecule is CC(C)(C)C1C2CC3CCNC321. The molecule has 0 aromatic heterocycles. The summed E-state index contributed by atoms with van der Waals surface area (Å²) in [4.78, 5) is 0. The highest BCUT2D eigenvalue weighted by Gasteiger charge is 2.79. The maximum absolute atomic E-state index is 3.76. The summed E-state index contributed by atoms with van der Waals surface area (Å²) in [7, 11) is 0. The van der Waals surface area contributed by atoms with Crippen LogP contribution in [0.1, 0.15) is 33.6 Å². The molecule has 1 nitrogen and oxygen atoms in total. The van der Waals surface area contributed by atoms with Crippen LogP contribution in [-0.2, 0) is 0 Å². The zero-order valence-corrected chi connectivity index (χ0v) is 8.35. The highest BCUT2D eigenvalue weighted by atomic mass is 15.2. The van der Waals surface area contributed by atoms with Gasteiger partial charge in [0.1, 0.15) is 0 Å². The molecule has 3 rings (SSSR count). The quantitative estimate of drug-likeness (QED) is 0.579. The second kappa shape index (κ2) is 1.75. The fourth-order valence-electron chi connectivity index (χ4n) is 4.24. The van der Waals surface area contributed by atoms with Crippen molar-refractivity contribution in [3.05, 3.63) is 0 Å². The van der Waals surface area contributed by atoms with E-state index in [-0.39, 0.29) is 0 Å². The molecule has 0 aromatic carbocycles. The summed E-state index contributed by atoms with van der Waals surface area (Å²) in [6, 6.07) is 0. The molecule has 2 aliphatic carbocycles. The lowest BCUT2D eigenvalue weighted by atomic mass is 9.80. The van der Waals surface area contributed by atoms with E-state index in [4.69, 9.17) is 0 Å². The Hall–Kier alpha value is -0.0400. The fourth-order valence-corrected chi connectivity index (χ4v) is 4.24. The number of rotatable bonds is 0. The van der Waals surface area contributed by atoms with Crippen LogP contribution in [0.5, 0.6) is 0 Å². The molecule has 2 saturated carbocycles. The van der Waals surface area contributed by atoms with Gasteiger partial charge in [-0.05, 0) is 42.6 Å². The topological polar surface area (TPSA) is 12.0 Å². The molecule has 0 bridgehead atoms. The lowest BCUT2D eigenvalue weighted by Crippen LogP contribution is -2.41. The lowest BCUT2D eigenvalue weighted by Gasteiger charge is -2.30. The molecule has 1 N–H and O–H groups in total. The van der Waals surface area contributed by atoms with Gasteiger partial charge >= 0.3 is 0 Å². The highest BCUT2D eigenvalue weighted by molar-refractivity contribution is 5.33. The third kappa shape index (κ3) is 0.585. The van der Waals surface area contributed by atoms with Gasteiger partial charge in [-0.25, -0.2) is 0 Å². The molecule has 0 radical (unpaired) electrons. The third-order valence-electron chi connectivity index (χ3n) is 4.49. The van der Waals surface area contributed by atoms with Gasteiger partial charge in [-0.15, -0.1) is 0 Å². The summed E-state index contributed by atoms with van der Waals surface area (Å²) in [6.45, 7) is 8.50. The van der Waals surface area contributed by atoms with Crippen LogP contribution in [-0.4, -0.2) is 12.1 Å². The standard InChI is InChI=1S/C11H19N/c1-10(2,3)9-8-6-7-4-5-12-11(7,8)9/h7-9,12H,4-6H2,1-3H3. The average molecular weight is 165 g/mol. The molecule has 0 amide bonds. The molecule has 4 atom stereocenters. The maximum atomic E-state index is 3.76. The van der Waals surface area contributed by atoms with E-state index in [1.54, 1.807) is 0 Å². The number of hydrogen-bond donors (Lipinski definition) is 1. The molecule has 4 unspecified atom stereocenters. The Balaban J connectivity index is 1.88. The van der Waals surface area contributed by atoms with E-state index >= 15 is 0 Å². The Morgan fingerprint density at radius 1 is 1.33 bits per heavy atom. The molecule has 3 fully saturated rings. The van der Waals surface area contributed by atoms with Crippen molar-refractivity contribution < 1.29 is 0 Å². The zero-order chi connectivity index (χ0) is 8.56. The van der Waals surface area contributed by atoms with Gasteiger partial charge in [0.2, 0.25) is 0 Å². The smallest absolute Gasteiger partial charge is 0.0278 e. The van der Waals surface area contributed by atoms with Gasteiger partial charge in [-0.2, -0.15) is 0 Å². The summed E-state index contributed by atoms with van der Waals surface area (Å²) in [5.74, 6) is 3.08. The predicted molar refractivity (Wildman–Crippen MR) is 49.9 cm³/mol. The van der Waals surface area contributed by atoms with Crippen LogP contribution in [0.4, 0.5) is 0 Å². The number of nitrogens with one attached hydrogen (secondary N) is 1. The van der Waals surface area contributed by atoms with Crippen LogP contribution in [0.15, 0.2) is 0 Å². The van der Waals surface area contributed by atoms with Crippen LogP contribution in [0.25, 0.3) is 0 Å². The lowest BCUT2D eigenvalue weighted by molar-refractivity contribution is 0.247. The van der Waals surface area contributed by atoms with Crippen LogP contribution in [0, 0.1) is 23.2 Å². The maximum Gasteiger partial charge on any atom is 0.0278 e. The summed E-state index contributed by atoms with van der Waals surface area (Å²) in [5, 5.41) is 3.76. The first kappa shape index (κ1) is 7.37. The first-order chi connectivity index (χ1) is 5.57. The Morgan fingerprint density at radius 2 is 2.08 bits per heavy atom. The van der Waals surface area contributed by atoms with Crippen LogP contribution >= 0.6 is 0 Å². The van der Waals surface area contributed by atoms with Gasteiger partial charge in [0.25, 0.3) is 0 Å².